The van der Waals surface area contributed by atoms with Gasteiger partial charge in [0.05, 0.1) is 12.1 Å². The predicted octanol–water partition coefficient (Wildman–Crippen LogP) is 1.07. The van der Waals surface area contributed by atoms with Gasteiger partial charge in [0, 0.05) is 19.7 Å². The largest absolute Gasteiger partial charge is 0.483 e. The summed E-state index contributed by atoms with van der Waals surface area (Å²) in [5, 5.41) is 2.89. The molecule has 0 spiro atoms. The highest BCUT2D eigenvalue weighted by atomic mass is 16.5. The van der Waals surface area contributed by atoms with Crippen molar-refractivity contribution < 1.29 is 14.3 Å². The zero-order valence-electron chi connectivity index (χ0n) is 13.6. The molecule has 22 heavy (non-hydrogen) atoms. The molecule has 0 aromatic heterocycles. The molecular formula is C16H25N3O3. The number of rotatable bonds is 7. The highest BCUT2D eigenvalue weighted by molar-refractivity contribution is 5.81. The Labute approximate surface area is 131 Å². The molecule has 6 nitrogen and oxygen atoms in total. The number of benzene rings is 1. The predicted molar refractivity (Wildman–Crippen MR) is 85.5 cm³/mol. The van der Waals surface area contributed by atoms with Crippen LogP contribution in [0.4, 0.5) is 0 Å². The second-order valence-corrected chi connectivity index (χ2v) is 5.37. The lowest BCUT2D eigenvalue weighted by atomic mass is 10.0. The molecule has 0 saturated heterocycles. The number of carbonyl (C=O) groups excluding carboxylic acids is 2. The van der Waals surface area contributed by atoms with Crippen molar-refractivity contribution in [2.24, 2.45) is 5.73 Å². The number of ether oxygens (including phenoxy) is 1. The van der Waals surface area contributed by atoms with Gasteiger partial charge >= 0.3 is 0 Å². The second kappa shape index (κ2) is 8.38. The summed E-state index contributed by atoms with van der Waals surface area (Å²) >= 11 is 0. The van der Waals surface area contributed by atoms with Gasteiger partial charge in [-0.3, -0.25) is 9.59 Å². The van der Waals surface area contributed by atoms with E-state index in [9.17, 15) is 9.59 Å². The topological polar surface area (TPSA) is 84.7 Å². The van der Waals surface area contributed by atoms with Gasteiger partial charge in [-0.25, -0.2) is 0 Å². The van der Waals surface area contributed by atoms with E-state index in [-0.39, 0.29) is 24.5 Å². The maximum atomic E-state index is 11.8. The molecule has 0 heterocycles. The molecule has 0 saturated carbocycles. The lowest BCUT2D eigenvalue weighted by Crippen LogP contribution is -2.40. The minimum atomic E-state index is -0.572. The van der Waals surface area contributed by atoms with Gasteiger partial charge in [-0.15, -0.1) is 0 Å². The molecule has 0 fully saturated rings. The molecule has 1 aromatic rings. The summed E-state index contributed by atoms with van der Waals surface area (Å²) in [7, 11) is 3.35. The number of nitrogens with one attached hydrogen (secondary N) is 1. The molecule has 122 valence electrons. The van der Waals surface area contributed by atoms with Crippen LogP contribution in [0.25, 0.3) is 0 Å². The van der Waals surface area contributed by atoms with Gasteiger partial charge in [0.25, 0.3) is 5.91 Å². The first-order chi connectivity index (χ1) is 10.4. The van der Waals surface area contributed by atoms with E-state index in [0.717, 1.165) is 5.56 Å². The Hall–Kier alpha value is -2.08. The van der Waals surface area contributed by atoms with Crippen LogP contribution in [0.1, 0.15) is 31.9 Å². The Balaban J connectivity index is 2.88. The number of nitrogens with zero attached hydrogens (tertiary/aromatic N) is 1. The lowest BCUT2D eigenvalue weighted by Gasteiger charge is -2.22. The van der Waals surface area contributed by atoms with Crippen molar-refractivity contribution in [2.75, 3.05) is 20.7 Å². The van der Waals surface area contributed by atoms with Crippen LogP contribution in [0.3, 0.4) is 0 Å². The zero-order chi connectivity index (χ0) is 16.7. The first-order valence-corrected chi connectivity index (χ1v) is 7.34. The fourth-order valence-corrected chi connectivity index (χ4v) is 1.87. The number of likely N-dealkylation sites (N-methyl/N-ethyl adjacent to an activating group) is 1. The molecule has 0 bridgehead atoms. The zero-order valence-corrected chi connectivity index (χ0v) is 13.6. The Morgan fingerprint density at radius 2 is 1.95 bits per heavy atom. The molecule has 1 unspecified atom stereocenters. The van der Waals surface area contributed by atoms with E-state index in [1.165, 1.54) is 4.90 Å². The maximum Gasteiger partial charge on any atom is 0.259 e. The Morgan fingerprint density at radius 1 is 1.32 bits per heavy atom. The van der Waals surface area contributed by atoms with Crippen LogP contribution >= 0.6 is 0 Å². The van der Waals surface area contributed by atoms with Crippen LogP contribution in [0, 0.1) is 0 Å². The quantitative estimate of drug-likeness (QED) is 0.789. The van der Waals surface area contributed by atoms with E-state index in [0.29, 0.717) is 12.2 Å². The Morgan fingerprint density at radius 3 is 2.50 bits per heavy atom. The van der Waals surface area contributed by atoms with Gasteiger partial charge in [-0.2, -0.15) is 0 Å². The fraction of sp³-hybridized carbons (Fsp3) is 0.500. The van der Waals surface area contributed by atoms with Gasteiger partial charge in [0.1, 0.15) is 5.75 Å². The molecule has 1 aromatic carbocycles. The molecule has 2 amide bonds. The van der Waals surface area contributed by atoms with E-state index in [4.69, 9.17) is 10.5 Å². The standard InChI is InChI=1S/C16H25N3O3/c1-5-13(18-16(21)11(2)17)12-8-6-7-9-14(12)22-10-15(20)19(3)4/h6-9,11,13H,5,10,17H2,1-4H3,(H,18,21)/t11-,13?/m1/s1. The summed E-state index contributed by atoms with van der Waals surface area (Å²) < 4.78 is 5.61. The van der Waals surface area contributed by atoms with E-state index in [2.05, 4.69) is 5.32 Å². The Bertz CT molecular complexity index is 515. The van der Waals surface area contributed by atoms with Crippen molar-refractivity contribution in [1.29, 1.82) is 0 Å². The second-order valence-electron chi connectivity index (χ2n) is 5.37. The third-order valence-electron chi connectivity index (χ3n) is 3.28. The van der Waals surface area contributed by atoms with Crippen molar-refractivity contribution in [2.45, 2.75) is 32.4 Å². The summed E-state index contributed by atoms with van der Waals surface area (Å²) in [4.78, 5) is 24.9. The smallest absolute Gasteiger partial charge is 0.259 e. The monoisotopic (exact) mass is 307 g/mol. The number of amides is 2. The van der Waals surface area contributed by atoms with Crippen LogP contribution < -0.4 is 15.8 Å². The van der Waals surface area contributed by atoms with E-state index in [1.54, 1.807) is 27.1 Å². The number of hydrogen-bond donors (Lipinski definition) is 2. The van der Waals surface area contributed by atoms with Gasteiger partial charge < -0.3 is 20.7 Å². The average Bonchev–Trinajstić information content (AvgIpc) is 2.50. The first-order valence-electron chi connectivity index (χ1n) is 7.34. The number of para-hydroxylation sites is 1. The minimum absolute atomic E-state index is 0.0400. The molecule has 2 atom stereocenters. The van der Waals surface area contributed by atoms with E-state index < -0.39 is 6.04 Å². The maximum absolute atomic E-state index is 11.8. The molecule has 0 aliphatic rings. The van der Waals surface area contributed by atoms with Crippen molar-refractivity contribution in [3.05, 3.63) is 29.8 Å². The summed E-state index contributed by atoms with van der Waals surface area (Å²) in [5.74, 6) is 0.253. The summed E-state index contributed by atoms with van der Waals surface area (Å²) in [6, 6.07) is 6.60. The van der Waals surface area contributed by atoms with Crippen LogP contribution in [-0.4, -0.2) is 43.5 Å². The SMILES string of the molecule is CCC(NC(=O)[C@@H](C)N)c1ccccc1OCC(=O)N(C)C. The van der Waals surface area contributed by atoms with Crippen LogP contribution in [0.2, 0.25) is 0 Å². The van der Waals surface area contributed by atoms with Crippen molar-refractivity contribution in [3.8, 4) is 5.75 Å². The van der Waals surface area contributed by atoms with Crippen molar-refractivity contribution in [3.63, 3.8) is 0 Å². The normalized spacial score (nSPS) is 13.1. The first kappa shape index (κ1) is 18.0. The average molecular weight is 307 g/mol. The highest BCUT2D eigenvalue weighted by Gasteiger charge is 2.19. The third kappa shape index (κ3) is 5.04. The molecule has 0 aliphatic heterocycles. The molecule has 1 rings (SSSR count). The third-order valence-corrected chi connectivity index (χ3v) is 3.28. The van der Waals surface area contributed by atoms with Gasteiger partial charge in [-0.1, -0.05) is 25.1 Å². The fourth-order valence-electron chi connectivity index (χ4n) is 1.87. The van der Waals surface area contributed by atoms with Crippen LogP contribution in [-0.2, 0) is 9.59 Å². The van der Waals surface area contributed by atoms with Crippen LogP contribution in [0.5, 0.6) is 5.75 Å². The van der Waals surface area contributed by atoms with Gasteiger partial charge in [0.15, 0.2) is 6.61 Å². The summed E-state index contributed by atoms with van der Waals surface area (Å²) in [6.07, 6.45) is 0.695. The molecule has 3 N–H and O–H groups in total. The van der Waals surface area contributed by atoms with Gasteiger partial charge in [-0.05, 0) is 19.4 Å². The summed E-state index contributed by atoms with van der Waals surface area (Å²) in [6.45, 7) is 3.57. The van der Waals surface area contributed by atoms with Gasteiger partial charge in [0.2, 0.25) is 5.91 Å². The molecular weight excluding hydrogens is 282 g/mol. The Kier molecular flexibility index (Phi) is 6.85. The number of carbonyl (C=O) groups is 2. The molecule has 6 heteroatoms. The molecule has 0 aliphatic carbocycles. The van der Waals surface area contributed by atoms with Crippen LogP contribution in [0.15, 0.2) is 24.3 Å². The summed E-state index contributed by atoms with van der Waals surface area (Å²) in [5.41, 5.74) is 6.43. The number of hydrogen-bond acceptors (Lipinski definition) is 4. The number of nitrogens with two attached hydrogens (primary N) is 1. The van der Waals surface area contributed by atoms with E-state index >= 15 is 0 Å². The van der Waals surface area contributed by atoms with Crippen molar-refractivity contribution in [1.82, 2.24) is 10.2 Å². The molecule has 0 radical (unpaired) electrons. The van der Waals surface area contributed by atoms with Crippen molar-refractivity contribution >= 4 is 11.8 Å². The highest BCUT2D eigenvalue weighted by Crippen LogP contribution is 2.27. The lowest BCUT2D eigenvalue weighted by molar-refractivity contribution is -0.130. The minimum Gasteiger partial charge on any atom is -0.483 e. The van der Waals surface area contributed by atoms with E-state index in [1.807, 2.05) is 25.1 Å².